The lowest BCUT2D eigenvalue weighted by molar-refractivity contribution is -0.132. The van der Waals surface area contributed by atoms with Crippen LogP contribution in [0.1, 0.15) is 143 Å². The molecule has 0 unspecified atom stereocenters. The van der Waals surface area contributed by atoms with Crippen molar-refractivity contribution in [2.45, 2.75) is 162 Å². The predicted molar refractivity (Wildman–Crippen MR) is 141 cm³/mol. The molecule has 1 saturated heterocycles. The van der Waals surface area contributed by atoms with Crippen molar-refractivity contribution >= 4 is 5.91 Å². The molecule has 4 nitrogen and oxygen atoms in total. The van der Waals surface area contributed by atoms with Crippen LogP contribution in [0.25, 0.3) is 0 Å². The van der Waals surface area contributed by atoms with E-state index in [9.17, 15) is 4.79 Å². The molecule has 1 fully saturated rings. The van der Waals surface area contributed by atoms with Gasteiger partial charge in [-0.25, -0.2) is 0 Å². The van der Waals surface area contributed by atoms with Gasteiger partial charge in [0.1, 0.15) is 0 Å². The summed E-state index contributed by atoms with van der Waals surface area (Å²) in [6.07, 6.45) is 22.5. The number of hydrogen-bond acceptors (Lipinski definition) is 3. The van der Waals surface area contributed by atoms with Crippen LogP contribution in [0.15, 0.2) is 0 Å². The van der Waals surface area contributed by atoms with Crippen LogP contribution in [-0.4, -0.2) is 37.4 Å². The van der Waals surface area contributed by atoms with Gasteiger partial charge in [-0.1, -0.05) is 111 Å². The maximum absolute atomic E-state index is 13.0. The Kier molecular flexibility index (Phi) is 19.1. The van der Waals surface area contributed by atoms with E-state index in [0.717, 1.165) is 45.3 Å². The van der Waals surface area contributed by atoms with Crippen LogP contribution in [0.4, 0.5) is 0 Å². The third-order valence-corrected chi connectivity index (χ3v) is 7.29. The minimum atomic E-state index is -0.105. The zero-order valence-corrected chi connectivity index (χ0v) is 22.7. The molecule has 0 aromatic rings. The molecule has 196 valence electrons. The Morgan fingerprint density at radius 2 is 1.09 bits per heavy atom. The number of nitrogens with one attached hydrogen (secondary N) is 1. The van der Waals surface area contributed by atoms with Gasteiger partial charge in [-0.05, 0) is 32.6 Å². The van der Waals surface area contributed by atoms with Gasteiger partial charge in [0.25, 0.3) is 0 Å². The number of unbranched alkanes of at least 4 members (excludes halogenated alkanes) is 12. The van der Waals surface area contributed by atoms with E-state index in [2.05, 4.69) is 26.1 Å². The summed E-state index contributed by atoms with van der Waals surface area (Å²) < 4.78 is 12.4. The lowest BCUT2D eigenvalue weighted by atomic mass is 9.96. The Morgan fingerprint density at radius 1 is 0.667 bits per heavy atom. The first-order valence-corrected chi connectivity index (χ1v) is 14.6. The summed E-state index contributed by atoms with van der Waals surface area (Å²) in [6, 6.07) is 0.0543. The average molecular weight is 468 g/mol. The highest BCUT2D eigenvalue weighted by molar-refractivity contribution is 5.79. The van der Waals surface area contributed by atoms with E-state index < -0.39 is 0 Å². The van der Waals surface area contributed by atoms with Gasteiger partial charge in [-0.15, -0.1) is 0 Å². The van der Waals surface area contributed by atoms with Gasteiger partial charge in [-0.2, -0.15) is 0 Å². The van der Waals surface area contributed by atoms with Gasteiger partial charge in [-0.3, -0.25) is 4.79 Å². The summed E-state index contributed by atoms with van der Waals surface area (Å²) in [6.45, 7) is 10.2. The Balaban J connectivity index is 2.45. The molecule has 4 atom stereocenters. The van der Waals surface area contributed by atoms with E-state index in [1.165, 1.54) is 83.5 Å². The summed E-state index contributed by atoms with van der Waals surface area (Å²) in [7, 11) is 0. The summed E-state index contributed by atoms with van der Waals surface area (Å²) in [5, 5.41) is 3.28. The molecule has 0 aromatic heterocycles. The van der Waals surface area contributed by atoms with E-state index in [4.69, 9.17) is 9.47 Å². The molecule has 1 aliphatic rings. The first-order chi connectivity index (χ1) is 16.1. The molecule has 1 aliphatic heterocycles. The van der Waals surface area contributed by atoms with E-state index in [1.807, 2.05) is 6.92 Å². The van der Waals surface area contributed by atoms with Gasteiger partial charge in [0.05, 0.1) is 24.2 Å². The Labute approximate surface area is 206 Å². The van der Waals surface area contributed by atoms with Crippen molar-refractivity contribution in [3.63, 3.8) is 0 Å². The monoisotopic (exact) mass is 467 g/mol. The van der Waals surface area contributed by atoms with Crippen molar-refractivity contribution < 1.29 is 14.3 Å². The van der Waals surface area contributed by atoms with Crippen molar-refractivity contribution in [3.05, 3.63) is 0 Å². The van der Waals surface area contributed by atoms with Gasteiger partial charge >= 0.3 is 0 Å². The second-order valence-corrected chi connectivity index (χ2v) is 10.4. The summed E-state index contributed by atoms with van der Waals surface area (Å²) >= 11 is 0. The van der Waals surface area contributed by atoms with Crippen LogP contribution in [-0.2, 0) is 14.3 Å². The number of amides is 1. The van der Waals surface area contributed by atoms with Gasteiger partial charge in [0.2, 0.25) is 5.91 Å². The van der Waals surface area contributed by atoms with Crippen molar-refractivity contribution in [1.82, 2.24) is 5.32 Å². The Hall–Kier alpha value is -0.610. The number of hydrogen-bond donors (Lipinski definition) is 1. The smallest absolute Gasteiger partial charge is 0.225 e. The number of carbonyl (C=O) groups excluding carboxylic acids is 1. The van der Waals surface area contributed by atoms with E-state index in [0.29, 0.717) is 0 Å². The van der Waals surface area contributed by atoms with E-state index in [1.54, 1.807) is 0 Å². The minimum Gasteiger partial charge on any atom is -0.377 e. The molecule has 0 radical (unpaired) electrons. The normalized spacial score (nSPS) is 25.3. The van der Waals surface area contributed by atoms with Crippen molar-refractivity contribution in [2.24, 2.45) is 5.92 Å². The molecule has 33 heavy (non-hydrogen) atoms. The number of carbonyl (C=O) groups is 1. The van der Waals surface area contributed by atoms with Crippen LogP contribution < -0.4 is 5.32 Å². The maximum Gasteiger partial charge on any atom is 0.225 e. The topological polar surface area (TPSA) is 47.6 Å². The van der Waals surface area contributed by atoms with Crippen molar-refractivity contribution in [1.29, 1.82) is 0 Å². The highest BCUT2D eigenvalue weighted by Gasteiger charge is 2.28. The second-order valence-electron chi connectivity index (χ2n) is 10.4. The Morgan fingerprint density at radius 3 is 1.61 bits per heavy atom. The highest BCUT2D eigenvalue weighted by atomic mass is 16.5. The van der Waals surface area contributed by atoms with Crippen LogP contribution in [0.2, 0.25) is 0 Å². The lowest BCUT2D eigenvalue weighted by Gasteiger charge is -2.30. The lowest BCUT2D eigenvalue weighted by Crippen LogP contribution is -2.47. The average Bonchev–Trinajstić information content (AvgIpc) is 2.81. The van der Waals surface area contributed by atoms with Crippen molar-refractivity contribution in [2.75, 3.05) is 13.2 Å². The third kappa shape index (κ3) is 15.1. The summed E-state index contributed by atoms with van der Waals surface area (Å²) in [5.74, 6) is 0.0235. The van der Waals surface area contributed by atoms with Gasteiger partial charge in [0.15, 0.2) is 0 Å². The van der Waals surface area contributed by atoms with Crippen LogP contribution in [0.5, 0.6) is 0 Å². The molecule has 0 aliphatic carbocycles. The maximum atomic E-state index is 13.0. The second kappa shape index (κ2) is 20.7. The van der Waals surface area contributed by atoms with Gasteiger partial charge < -0.3 is 14.8 Å². The molecule has 1 N–H and O–H groups in total. The number of ether oxygens (including phenoxy) is 2. The Bertz CT molecular complexity index is 456. The molecule has 1 heterocycles. The van der Waals surface area contributed by atoms with Gasteiger partial charge in [0, 0.05) is 13.2 Å². The van der Waals surface area contributed by atoms with E-state index >= 15 is 0 Å². The standard InChI is InChI=1S/C29H57NO3/c1-5-7-9-11-13-15-17-21-27-25(3)29(31)30-26(4)28(33-24-20-19-23-32-27)22-18-16-14-12-10-8-6-2/h25-28H,5-24H2,1-4H3,(H,30,31)/t25-,26-,27+,28+/m0/s1. The summed E-state index contributed by atoms with van der Waals surface area (Å²) in [5.41, 5.74) is 0. The summed E-state index contributed by atoms with van der Waals surface area (Å²) in [4.78, 5) is 13.0. The molecule has 0 saturated carbocycles. The molecular formula is C29H57NO3. The SMILES string of the molecule is CCCCCCCCC[C@H]1OCCCCO[C@H](CCCCCCCCC)[C@H](C)C(=O)N[C@H]1C. The quantitative estimate of drug-likeness (QED) is 0.234. The molecule has 4 heteroatoms. The third-order valence-electron chi connectivity index (χ3n) is 7.29. The molecule has 1 rings (SSSR count). The molecule has 0 spiro atoms. The van der Waals surface area contributed by atoms with Crippen LogP contribution in [0.3, 0.4) is 0 Å². The largest absolute Gasteiger partial charge is 0.377 e. The zero-order valence-electron chi connectivity index (χ0n) is 22.7. The van der Waals surface area contributed by atoms with Crippen LogP contribution in [0, 0.1) is 5.92 Å². The zero-order chi connectivity index (χ0) is 24.2. The molecular weight excluding hydrogens is 410 g/mol. The molecule has 0 bridgehead atoms. The van der Waals surface area contributed by atoms with Crippen molar-refractivity contribution in [3.8, 4) is 0 Å². The molecule has 1 amide bonds. The first kappa shape index (κ1) is 30.4. The predicted octanol–water partition coefficient (Wildman–Crippen LogP) is 7.97. The fourth-order valence-corrected chi connectivity index (χ4v) is 4.85. The van der Waals surface area contributed by atoms with E-state index in [-0.39, 0.29) is 30.1 Å². The first-order valence-electron chi connectivity index (χ1n) is 14.6. The highest BCUT2D eigenvalue weighted by Crippen LogP contribution is 2.20. The van der Waals surface area contributed by atoms with Crippen LogP contribution >= 0.6 is 0 Å². The fraction of sp³-hybridized carbons (Fsp3) is 0.966. The minimum absolute atomic E-state index is 0.0368. The number of rotatable bonds is 16. The molecule has 0 aromatic carbocycles. The fourth-order valence-electron chi connectivity index (χ4n) is 4.85.